The molecule has 0 bridgehead atoms. The first-order chi connectivity index (χ1) is 19.9. The van der Waals surface area contributed by atoms with E-state index in [2.05, 4.69) is 10.3 Å². The lowest BCUT2D eigenvalue weighted by atomic mass is 9.98. The number of methoxy groups -OCH3 is 2. The van der Waals surface area contributed by atoms with E-state index in [1.807, 2.05) is 45.9 Å². The van der Waals surface area contributed by atoms with E-state index in [9.17, 15) is 13.2 Å². The van der Waals surface area contributed by atoms with E-state index in [1.165, 1.54) is 11.4 Å². The SMILES string of the molecule is CCC(C)(C)OC(=O)N1CC(Nc2ncc3cc(-c4c(C)c(OC)cc(OC)c4Cl)ccc3n2)CC1CN(C)[SH](=O)=O. The molecule has 0 aliphatic carbocycles. The fourth-order valence-electron chi connectivity index (χ4n) is 5.00. The smallest absolute Gasteiger partial charge is 0.410 e. The predicted octanol–water partition coefficient (Wildman–Crippen LogP) is 4.91. The van der Waals surface area contributed by atoms with Gasteiger partial charge in [-0.25, -0.2) is 27.5 Å². The van der Waals surface area contributed by atoms with Gasteiger partial charge in [0.15, 0.2) is 0 Å². The average Bonchev–Trinajstić information content (AvgIpc) is 3.35. The molecule has 2 aromatic carbocycles. The molecule has 11 nitrogen and oxygen atoms in total. The van der Waals surface area contributed by atoms with Crippen LogP contribution in [0.4, 0.5) is 10.7 Å². The maximum absolute atomic E-state index is 13.1. The van der Waals surface area contributed by atoms with Crippen molar-refractivity contribution < 1.29 is 27.4 Å². The molecule has 2 atom stereocenters. The number of carbonyl (C=O) groups is 1. The monoisotopic (exact) mass is 619 g/mol. The molecular formula is C29H38ClN5O6S. The summed E-state index contributed by atoms with van der Waals surface area (Å²) in [6.07, 6.45) is 2.41. The first-order valence-electron chi connectivity index (χ1n) is 13.7. The molecule has 1 saturated heterocycles. The van der Waals surface area contributed by atoms with Crippen LogP contribution in [0.2, 0.25) is 5.02 Å². The molecule has 1 fully saturated rings. The molecule has 1 amide bonds. The van der Waals surface area contributed by atoms with Crippen LogP contribution in [0.3, 0.4) is 0 Å². The van der Waals surface area contributed by atoms with Gasteiger partial charge < -0.3 is 24.4 Å². The zero-order valence-corrected chi connectivity index (χ0v) is 26.6. The van der Waals surface area contributed by atoms with E-state index in [0.29, 0.717) is 41.9 Å². The van der Waals surface area contributed by atoms with E-state index in [1.54, 1.807) is 31.4 Å². The van der Waals surface area contributed by atoms with E-state index >= 15 is 0 Å². The number of ether oxygens (including phenoxy) is 3. The van der Waals surface area contributed by atoms with Gasteiger partial charge >= 0.3 is 6.09 Å². The quantitative estimate of drug-likeness (QED) is 0.305. The van der Waals surface area contributed by atoms with Crippen LogP contribution >= 0.6 is 11.6 Å². The summed E-state index contributed by atoms with van der Waals surface area (Å²) in [5, 5.41) is 4.63. The molecule has 228 valence electrons. The van der Waals surface area contributed by atoms with E-state index in [4.69, 9.17) is 30.8 Å². The largest absolute Gasteiger partial charge is 0.496 e. The number of carbonyl (C=O) groups excluding carboxylic acids is 1. The van der Waals surface area contributed by atoms with Crippen molar-refractivity contribution in [3.63, 3.8) is 0 Å². The summed E-state index contributed by atoms with van der Waals surface area (Å²) in [5.74, 6) is 1.59. The Bertz CT molecular complexity index is 1510. The van der Waals surface area contributed by atoms with E-state index in [-0.39, 0.29) is 18.6 Å². The Hall–Kier alpha value is -3.35. The lowest BCUT2D eigenvalue weighted by Gasteiger charge is -2.30. The third-order valence-corrected chi connectivity index (χ3v) is 8.80. The van der Waals surface area contributed by atoms with Crippen molar-refractivity contribution in [1.82, 2.24) is 19.2 Å². The molecule has 0 radical (unpaired) electrons. The highest BCUT2D eigenvalue weighted by Crippen LogP contribution is 2.43. The minimum atomic E-state index is -2.77. The zero-order chi connectivity index (χ0) is 30.8. The van der Waals surface area contributed by atoms with E-state index < -0.39 is 22.6 Å². The minimum absolute atomic E-state index is 0.164. The van der Waals surface area contributed by atoms with Gasteiger partial charge in [0.05, 0.1) is 30.8 Å². The Labute approximate surface area is 253 Å². The molecule has 1 aliphatic rings. The van der Waals surface area contributed by atoms with Crippen molar-refractivity contribution in [2.75, 3.05) is 39.7 Å². The van der Waals surface area contributed by atoms with E-state index in [0.717, 1.165) is 27.6 Å². The van der Waals surface area contributed by atoms with Crippen LogP contribution in [-0.2, 0) is 15.6 Å². The van der Waals surface area contributed by atoms with Gasteiger partial charge in [-0.1, -0.05) is 24.6 Å². The lowest BCUT2D eigenvalue weighted by molar-refractivity contribution is 0.00842. The molecule has 1 N–H and O–H groups in total. The second-order valence-electron chi connectivity index (χ2n) is 11.0. The van der Waals surface area contributed by atoms with Crippen LogP contribution in [0.15, 0.2) is 30.5 Å². The van der Waals surface area contributed by atoms with Crippen LogP contribution in [0.5, 0.6) is 11.5 Å². The number of anilines is 1. The normalized spacial score (nSPS) is 17.2. The molecule has 2 heterocycles. The fraction of sp³-hybridized carbons (Fsp3) is 0.483. The number of nitrogens with one attached hydrogen (secondary N) is 1. The summed E-state index contributed by atoms with van der Waals surface area (Å²) < 4.78 is 41.0. The maximum atomic E-state index is 13.1. The Morgan fingerprint density at radius 3 is 2.57 bits per heavy atom. The molecule has 1 aromatic heterocycles. The molecule has 1 aliphatic heterocycles. The second kappa shape index (κ2) is 12.9. The van der Waals surface area contributed by atoms with Crippen LogP contribution in [-0.4, -0.2) is 85.7 Å². The number of halogens is 1. The summed E-state index contributed by atoms with van der Waals surface area (Å²) in [5.41, 5.74) is 2.64. The summed E-state index contributed by atoms with van der Waals surface area (Å²) in [6.45, 7) is 8.07. The van der Waals surface area contributed by atoms with Crippen LogP contribution in [0, 0.1) is 6.92 Å². The Morgan fingerprint density at radius 2 is 1.93 bits per heavy atom. The van der Waals surface area contributed by atoms with Crippen molar-refractivity contribution in [3.8, 4) is 22.6 Å². The lowest BCUT2D eigenvalue weighted by Crippen LogP contribution is -2.44. The zero-order valence-electron chi connectivity index (χ0n) is 24.9. The van der Waals surface area contributed by atoms with Crippen LogP contribution < -0.4 is 14.8 Å². The van der Waals surface area contributed by atoms with Crippen LogP contribution in [0.25, 0.3) is 22.0 Å². The Kier molecular flexibility index (Phi) is 9.69. The number of rotatable bonds is 10. The number of thiol groups is 1. The Balaban J connectivity index is 1.57. The van der Waals surface area contributed by atoms with Gasteiger partial charge in [0, 0.05) is 55.0 Å². The molecule has 3 aromatic rings. The van der Waals surface area contributed by atoms with Crippen molar-refractivity contribution in [2.24, 2.45) is 0 Å². The second-order valence-corrected chi connectivity index (χ2v) is 12.5. The van der Waals surface area contributed by atoms with Crippen molar-refractivity contribution in [3.05, 3.63) is 41.0 Å². The minimum Gasteiger partial charge on any atom is -0.496 e. The summed E-state index contributed by atoms with van der Waals surface area (Å²) in [6, 6.07) is 6.99. The number of hydrogen-bond donors (Lipinski definition) is 2. The number of benzene rings is 2. The highest BCUT2D eigenvalue weighted by atomic mass is 35.5. The number of amides is 1. The highest BCUT2D eigenvalue weighted by Gasteiger charge is 2.39. The van der Waals surface area contributed by atoms with Gasteiger partial charge in [-0.15, -0.1) is 0 Å². The molecular weight excluding hydrogens is 582 g/mol. The number of hydrogen-bond acceptors (Lipinski definition) is 9. The molecule has 2 unspecified atom stereocenters. The standard InChI is InChI=1S/C29H38ClN5O6S/c1-8-29(3,4)41-28(36)35-15-20(12-21(35)16-34(5)42(37)38)32-27-31-14-19-11-18(9-10-22(19)33-27)25-17(2)23(39-6)13-24(40-7)26(25)30/h9-11,13-14,20-21,42H,8,12,15-16H2,1-7H3,(H,31,32,33). The maximum Gasteiger partial charge on any atom is 0.410 e. The Morgan fingerprint density at radius 1 is 1.21 bits per heavy atom. The third-order valence-electron chi connectivity index (χ3n) is 7.70. The van der Waals surface area contributed by atoms with Gasteiger partial charge in [-0.3, -0.25) is 0 Å². The third kappa shape index (κ3) is 6.82. The van der Waals surface area contributed by atoms with Gasteiger partial charge in [0.2, 0.25) is 16.8 Å². The first-order valence-corrected chi connectivity index (χ1v) is 15.2. The van der Waals surface area contributed by atoms with Crippen molar-refractivity contribution in [1.29, 1.82) is 0 Å². The predicted molar refractivity (Wildman–Crippen MR) is 164 cm³/mol. The molecule has 13 heteroatoms. The summed E-state index contributed by atoms with van der Waals surface area (Å²) in [4.78, 5) is 23.9. The highest BCUT2D eigenvalue weighted by molar-refractivity contribution is 7.69. The van der Waals surface area contributed by atoms with Gasteiger partial charge in [-0.05, 0) is 51.3 Å². The first kappa shape index (κ1) is 31.6. The number of likely N-dealkylation sites (N-methyl/N-ethyl adjacent to an activating group) is 1. The van der Waals surface area contributed by atoms with Crippen LogP contribution in [0.1, 0.15) is 39.2 Å². The van der Waals surface area contributed by atoms with Crippen molar-refractivity contribution in [2.45, 2.75) is 58.2 Å². The van der Waals surface area contributed by atoms with Gasteiger partial charge in [0.1, 0.15) is 17.1 Å². The molecule has 0 saturated carbocycles. The number of aromatic nitrogens is 2. The number of nitrogens with zero attached hydrogens (tertiary/aromatic N) is 4. The number of fused-ring (bicyclic) bond motifs is 1. The van der Waals surface area contributed by atoms with Gasteiger partial charge in [-0.2, -0.15) is 0 Å². The average molecular weight is 620 g/mol. The summed E-state index contributed by atoms with van der Waals surface area (Å²) >= 11 is 6.69. The van der Waals surface area contributed by atoms with Crippen molar-refractivity contribution >= 4 is 45.4 Å². The molecule has 4 rings (SSSR count). The summed E-state index contributed by atoms with van der Waals surface area (Å²) in [7, 11) is 1.88. The molecule has 0 spiro atoms. The molecule has 42 heavy (non-hydrogen) atoms. The number of likely N-dealkylation sites (tertiary alicyclic amines) is 1. The van der Waals surface area contributed by atoms with Gasteiger partial charge in [0.25, 0.3) is 0 Å². The fourth-order valence-corrected chi connectivity index (χ4v) is 5.71. The topological polar surface area (TPSA) is 123 Å².